The minimum atomic E-state index is -1.23. The molecular weight excluding hydrogens is 313 g/mol. The summed E-state index contributed by atoms with van der Waals surface area (Å²) in [4.78, 5) is 35.1. The third-order valence-corrected chi connectivity index (χ3v) is 2.49. The Hall–Kier alpha value is -1.90. The van der Waals surface area contributed by atoms with E-state index >= 15 is 0 Å². The average molecular weight is 337 g/mol. The van der Waals surface area contributed by atoms with Gasteiger partial charge in [0.25, 0.3) is 0 Å². The van der Waals surface area contributed by atoms with Crippen molar-refractivity contribution in [2.45, 2.75) is 44.9 Å². The van der Waals surface area contributed by atoms with Crippen molar-refractivity contribution >= 4 is 18.0 Å². The molecule has 0 aliphatic carbocycles. The van der Waals surface area contributed by atoms with E-state index in [9.17, 15) is 18.8 Å². The van der Waals surface area contributed by atoms with Crippen LogP contribution in [0.4, 0.5) is 9.18 Å². The van der Waals surface area contributed by atoms with Crippen molar-refractivity contribution < 1.29 is 37.7 Å². The van der Waals surface area contributed by atoms with Crippen molar-refractivity contribution in [1.29, 1.82) is 0 Å². The van der Waals surface area contributed by atoms with E-state index in [0.29, 0.717) is 0 Å². The second-order valence-corrected chi connectivity index (χ2v) is 5.53. The molecular formula is C14H24FNO7. The molecule has 134 valence electrons. The van der Waals surface area contributed by atoms with E-state index in [1.807, 2.05) is 0 Å². The number of esters is 2. The maximum atomic E-state index is 12.2. The van der Waals surface area contributed by atoms with Crippen LogP contribution < -0.4 is 5.32 Å². The Bertz CT molecular complexity index is 408. The molecule has 0 heterocycles. The number of ether oxygens (including phenoxy) is 4. The van der Waals surface area contributed by atoms with E-state index in [1.165, 1.54) is 0 Å². The first-order chi connectivity index (χ1) is 10.6. The highest BCUT2D eigenvalue weighted by molar-refractivity contribution is 5.83. The molecule has 0 aromatic heterocycles. The van der Waals surface area contributed by atoms with Crippen molar-refractivity contribution in [3.8, 4) is 0 Å². The van der Waals surface area contributed by atoms with Gasteiger partial charge in [0.05, 0.1) is 20.8 Å². The summed E-state index contributed by atoms with van der Waals surface area (Å²) in [6, 6.07) is -1.21. The quantitative estimate of drug-likeness (QED) is 0.520. The molecule has 0 aliphatic heterocycles. The monoisotopic (exact) mass is 337 g/mol. The van der Waals surface area contributed by atoms with Gasteiger partial charge in [0.1, 0.15) is 18.3 Å². The summed E-state index contributed by atoms with van der Waals surface area (Å²) in [5, 5.41) is 2.29. The van der Waals surface area contributed by atoms with Gasteiger partial charge in [-0.05, 0) is 20.8 Å². The van der Waals surface area contributed by atoms with Crippen LogP contribution in [0, 0.1) is 0 Å². The Kier molecular flexibility index (Phi) is 9.16. The number of alkyl halides is 1. The number of rotatable bonds is 8. The number of halogens is 1. The van der Waals surface area contributed by atoms with Gasteiger partial charge >= 0.3 is 18.0 Å². The molecule has 0 radical (unpaired) electrons. The minimum Gasteiger partial charge on any atom is -0.467 e. The minimum absolute atomic E-state index is 0.279. The lowest BCUT2D eigenvalue weighted by atomic mass is 10.1. The Morgan fingerprint density at radius 3 is 2.09 bits per heavy atom. The zero-order valence-electron chi connectivity index (χ0n) is 14.0. The number of carbonyl (C=O) groups excluding carboxylic acids is 3. The number of carbonyl (C=O) groups is 3. The van der Waals surface area contributed by atoms with Gasteiger partial charge in [-0.15, -0.1) is 0 Å². The predicted molar refractivity (Wildman–Crippen MR) is 77.5 cm³/mol. The van der Waals surface area contributed by atoms with Crippen LogP contribution in [0.1, 0.15) is 27.2 Å². The van der Waals surface area contributed by atoms with Crippen molar-refractivity contribution in [1.82, 2.24) is 5.32 Å². The van der Waals surface area contributed by atoms with Crippen LogP contribution in [0.15, 0.2) is 0 Å². The summed E-state index contributed by atoms with van der Waals surface area (Å²) in [6.45, 7) is 3.81. The van der Waals surface area contributed by atoms with Crippen molar-refractivity contribution in [2.75, 3.05) is 27.5 Å². The zero-order valence-corrected chi connectivity index (χ0v) is 14.0. The van der Waals surface area contributed by atoms with Crippen LogP contribution >= 0.6 is 0 Å². The highest BCUT2D eigenvalue weighted by Crippen LogP contribution is 2.10. The molecule has 0 rings (SSSR count). The molecule has 0 fully saturated rings. The number of hydrogen-bond donors (Lipinski definition) is 1. The Balaban J connectivity index is 4.96. The fourth-order valence-corrected chi connectivity index (χ4v) is 1.57. The topological polar surface area (TPSA) is 100 Å². The van der Waals surface area contributed by atoms with Crippen LogP contribution in [-0.2, 0) is 28.5 Å². The molecule has 1 N–H and O–H groups in total. The maximum Gasteiger partial charge on any atom is 0.408 e. The van der Waals surface area contributed by atoms with E-state index in [4.69, 9.17) is 9.47 Å². The third kappa shape index (κ3) is 8.97. The van der Waals surface area contributed by atoms with Crippen LogP contribution in [0.3, 0.4) is 0 Å². The van der Waals surface area contributed by atoms with E-state index in [2.05, 4.69) is 14.8 Å². The molecule has 2 atom stereocenters. The number of amides is 1. The Morgan fingerprint density at radius 1 is 1.09 bits per heavy atom. The summed E-state index contributed by atoms with van der Waals surface area (Å²) in [5.41, 5.74) is -0.767. The van der Waals surface area contributed by atoms with Gasteiger partial charge in [-0.3, -0.25) is 0 Å². The van der Waals surface area contributed by atoms with Crippen LogP contribution in [0.25, 0.3) is 0 Å². The molecule has 23 heavy (non-hydrogen) atoms. The van der Waals surface area contributed by atoms with Crippen molar-refractivity contribution in [3.05, 3.63) is 0 Å². The lowest BCUT2D eigenvalue weighted by Crippen LogP contribution is -2.47. The second kappa shape index (κ2) is 9.98. The second-order valence-electron chi connectivity index (χ2n) is 5.53. The lowest BCUT2D eigenvalue weighted by Gasteiger charge is -2.24. The lowest BCUT2D eigenvalue weighted by molar-refractivity contribution is -0.156. The number of nitrogens with one attached hydrogen (secondary N) is 1. The molecule has 0 bridgehead atoms. The molecule has 0 spiro atoms. The highest BCUT2D eigenvalue weighted by Gasteiger charge is 2.31. The number of methoxy groups -OCH3 is 2. The molecule has 0 saturated carbocycles. The zero-order chi connectivity index (χ0) is 18.0. The first kappa shape index (κ1) is 21.1. The molecule has 0 saturated heterocycles. The van der Waals surface area contributed by atoms with Gasteiger partial charge in [0.15, 0.2) is 6.10 Å². The van der Waals surface area contributed by atoms with Crippen LogP contribution in [-0.4, -0.2) is 63.3 Å². The van der Waals surface area contributed by atoms with Gasteiger partial charge in [-0.2, -0.15) is 0 Å². The van der Waals surface area contributed by atoms with Crippen LogP contribution in [0.2, 0.25) is 0 Å². The summed E-state index contributed by atoms with van der Waals surface area (Å²) in [6.07, 6.45) is -2.37. The van der Waals surface area contributed by atoms with E-state index in [1.54, 1.807) is 20.8 Å². The standard InChI is InChI=1S/C14H24FNO7/c1-14(2,3)23-13(19)16-9(11(17)20-4)8-10(12(18)21-5)22-7-6-15/h9-10H,6-8H2,1-5H3,(H,16,19)/t9-,10-/m0/s1. The SMILES string of the molecule is COC(=O)[C@H](C[C@H](OCCF)C(=O)OC)NC(=O)OC(C)(C)C. The van der Waals surface area contributed by atoms with E-state index < -0.39 is 42.5 Å². The summed E-state index contributed by atoms with van der Waals surface area (Å²) >= 11 is 0. The third-order valence-electron chi connectivity index (χ3n) is 2.49. The average Bonchev–Trinajstić information content (AvgIpc) is 2.46. The van der Waals surface area contributed by atoms with Gasteiger partial charge in [0, 0.05) is 6.42 Å². The predicted octanol–water partition coefficient (Wildman–Crippen LogP) is 0.970. The Labute approximate surface area is 134 Å². The van der Waals surface area contributed by atoms with Gasteiger partial charge < -0.3 is 24.3 Å². The van der Waals surface area contributed by atoms with Crippen molar-refractivity contribution in [2.24, 2.45) is 0 Å². The number of alkyl carbamates (subject to hydrolysis) is 1. The largest absolute Gasteiger partial charge is 0.467 e. The summed E-state index contributed by atoms with van der Waals surface area (Å²) < 4.78 is 31.4. The van der Waals surface area contributed by atoms with Crippen molar-refractivity contribution in [3.63, 3.8) is 0 Å². The number of hydrogen-bond acceptors (Lipinski definition) is 7. The normalized spacial score (nSPS) is 13.7. The first-order valence-corrected chi connectivity index (χ1v) is 6.97. The molecule has 0 aliphatic rings. The molecule has 9 heteroatoms. The summed E-state index contributed by atoms with van der Waals surface area (Å²) in [7, 11) is 2.25. The smallest absolute Gasteiger partial charge is 0.408 e. The molecule has 8 nitrogen and oxygen atoms in total. The van der Waals surface area contributed by atoms with Crippen LogP contribution in [0.5, 0.6) is 0 Å². The molecule has 0 aromatic carbocycles. The van der Waals surface area contributed by atoms with Gasteiger partial charge in [0.2, 0.25) is 0 Å². The van der Waals surface area contributed by atoms with E-state index in [-0.39, 0.29) is 13.0 Å². The van der Waals surface area contributed by atoms with Gasteiger partial charge in [-0.1, -0.05) is 0 Å². The fraction of sp³-hybridized carbons (Fsp3) is 0.786. The highest BCUT2D eigenvalue weighted by atomic mass is 19.1. The molecule has 0 aromatic rings. The van der Waals surface area contributed by atoms with Gasteiger partial charge in [-0.25, -0.2) is 18.8 Å². The molecule has 0 unspecified atom stereocenters. The Morgan fingerprint density at radius 2 is 1.65 bits per heavy atom. The summed E-state index contributed by atoms with van der Waals surface area (Å²) in [5.74, 6) is -1.59. The first-order valence-electron chi connectivity index (χ1n) is 6.97. The fourth-order valence-electron chi connectivity index (χ4n) is 1.57. The van der Waals surface area contributed by atoms with E-state index in [0.717, 1.165) is 14.2 Å². The maximum absolute atomic E-state index is 12.2. The molecule has 1 amide bonds.